The van der Waals surface area contributed by atoms with Crippen LogP contribution in [0.25, 0.3) is 21.5 Å². The molecule has 0 aliphatic rings. The molecule has 0 bridgehead atoms. The molecule has 19 heavy (non-hydrogen) atoms. The van der Waals surface area contributed by atoms with Crippen LogP contribution >= 0.6 is 11.3 Å². The van der Waals surface area contributed by atoms with Crippen LogP contribution < -0.4 is 5.56 Å². The fourth-order valence-corrected chi connectivity index (χ4v) is 2.88. The first-order chi connectivity index (χ1) is 9.18. The van der Waals surface area contributed by atoms with Gasteiger partial charge < -0.3 is 0 Å². The van der Waals surface area contributed by atoms with Crippen molar-refractivity contribution in [3.8, 4) is 11.4 Å². The molecule has 0 unspecified atom stereocenters. The van der Waals surface area contributed by atoms with Gasteiger partial charge >= 0.3 is 0 Å². The Kier molecular flexibility index (Phi) is 2.91. The molecule has 0 saturated carbocycles. The van der Waals surface area contributed by atoms with Crippen LogP contribution in [-0.4, -0.2) is 14.8 Å². The predicted molar refractivity (Wildman–Crippen MR) is 77.5 cm³/mol. The van der Waals surface area contributed by atoms with Gasteiger partial charge in [0.05, 0.1) is 21.8 Å². The van der Waals surface area contributed by atoms with Crippen molar-refractivity contribution in [3.05, 3.63) is 46.2 Å². The summed E-state index contributed by atoms with van der Waals surface area (Å²) in [6.07, 6.45) is 1.74. The lowest BCUT2D eigenvalue weighted by Crippen LogP contribution is -2.25. The van der Waals surface area contributed by atoms with Crippen molar-refractivity contribution in [1.82, 2.24) is 14.8 Å². The molecule has 0 radical (unpaired) electrons. The van der Waals surface area contributed by atoms with E-state index in [1.54, 1.807) is 6.20 Å². The molecule has 3 aromatic heterocycles. The summed E-state index contributed by atoms with van der Waals surface area (Å²) in [5.74, 6) is 0. The number of pyridine rings is 1. The highest BCUT2D eigenvalue weighted by Gasteiger charge is 2.15. The number of hydrogen-bond acceptors (Lipinski definition) is 4. The molecule has 5 heteroatoms. The smallest absolute Gasteiger partial charge is 0.267 e. The van der Waals surface area contributed by atoms with Gasteiger partial charge in [0.1, 0.15) is 5.69 Å². The second-order valence-corrected chi connectivity index (χ2v) is 5.49. The average molecular weight is 271 g/mol. The minimum atomic E-state index is -0.0362. The van der Waals surface area contributed by atoms with Crippen LogP contribution in [0, 0.1) is 0 Å². The Hall–Kier alpha value is -2.01. The van der Waals surface area contributed by atoms with Gasteiger partial charge in [-0.3, -0.25) is 9.78 Å². The van der Waals surface area contributed by atoms with E-state index in [-0.39, 0.29) is 11.6 Å². The lowest BCUT2D eigenvalue weighted by Gasteiger charge is -2.11. The average Bonchev–Trinajstić information content (AvgIpc) is 2.89. The van der Waals surface area contributed by atoms with E-state index in [0.29, 0.717) is 5.39 Å². The van der Waals surface area contributed by atoms with Gasteiger partial charge in [-0.15, -0.1) is 11.3 Å². The molecular weight excluding hydrogens is 258 g/mol. The SMILES string of the molecule is CC(C)n1nc(-c2ccccn2)c2sccc2c1=O. The summed E-state index contributed by atoms with van der Waals surface area (Å²) in [4.78, 5) is 16.6. The topological polar surface area (TPSA) is 47.8 Å². The van der Waals surface area contributed by atoms with Crippen LogP contribution in [0.4, 0.5) is 0 Å². The second-order valence-electron chi connectivity index (χ2n) is 4.57. The first-order valence-corrected chi connectivity index (χ1v) is 6.98. The Labute approximate surface area is 114 Å². The zero-order valence-electron chi connectivity index (χ0n) is 10.7. The van der Waals surface area contributed by atoms with Gasteiger partial charge in [0, 0.05) is 6.20 Å². The normalized spacial score (nSPS) is 11.3. The monoisotopic (exact) mass is 271 g/mol. The number of rotatable bonds is 2. The van der Waals surface area contributed by atoms with Gasteiger partial charge in [0.15, 0.2) is 0 Å². The second kappa shape index (κ2) is 4.59. The molecule has 4 nitrogen and oxygen atoms in total. The van der Waals surface area contributed by atoms with E-state index in [1.807, 2.05) is 43.5 Å². The zero-order valence-corrected chi connectivity index (χ0v) is 11.5. The van der Waals surface area contributed by atoms with E-state index < -0.39 is 0 Å². The standard InChI is InChI=1S/C14H13N3OS/c1-9(2)17-14(18)10-6-8-19-13(10)12(16-17)11-5-3-4-7-15-11/h3-9H,1-2H3. The van der Waals surface area contributed by atoms with Crippen LogP contribution in [0.2, 0.25) is 0 Å². The number of fused-ring (bicyclic) bond motifs is 1. The first-order valence-electron chi connectivity index (χ1n) is 6.10. The van der Waals surface area contributed by atoms with E-state index in [2.05, 4.69) is 10.1 Å². The van der Waals surface area contributed by atoms with E-state index in [0.717, 1.165) is 16.1 Å². The highest BCUT2D eigenvalue weighted by atomic mass is 32.1. The fraction of sp³-hybridized carbons (Fsp3) is 0.214. The Morgan fingerprint density at radius 2 is 2.11 bits per heavy atom. The third-order valence-electron chi connectivity index (χ3n) is 2.92. The Balaban J connectivity index is 2.39. The Morgan fingerprint density at radius 3 is 2.79 bits per heavy atom. The summed E-state index contributed by atoms with van der Waals surface area (Å²) < 4.78 is 2.43. The van der Waals surface area contributed by atoms with E-state index in [4.69, 9.17) is 0 Å². The van der Waals surface area contributed by atoms with Crippen LogP contribution in [0.3, 0.4) is 0 Å². The highest BCUT2D eigenvalue weighted by Crippen LogP contribution is 2.27. The van der Waals surface area contributed by atoms with Crippen LogP contribution in [0.1, 0.15) is 19.9 Å². The summed E-state index contributed by atoms with van der Waals surface area (Å²) in [7, 11) is 0. The molecular formula is C14H13N3OS. The minimum Gasteiger partial charge on any atom is -0.267 e. The maximum atomic E-state index is 12.3. The van der Waals surface area contributed by atoms with Crippen molar-refractivity contribution in [3.63, 3.8) is 0 Å². The van der Waals surface area contributed by atoms with E-state index in [9.17, 15) is 4.79 Å². The first kappa shape index (κ1) is 12.0. The minimum absolute atomic E-state index is 0.0271. The predicted octanol–water partition coefficient (Wildman–Crippen LogP) is 3.10. The third-order valence-corrected chi connectivity index (χ3v) is 3.84. The molecule has 0 saturated heterocycles. The van der Waals surface area contributed by atoms with Crippen molar-refractivity contribution in [2.75, 3.05) is 0 Å². The quantitative estimate of drug-likeness (QED) is 0.719. The van der Waals surface area contributed by atoms with E-state index in [1.165, 1.54) is 16.0 Å². The molecule has 0 atom stereocenters. The Bertz CT molecular complexity index is 774. The Morgan fingerprint density at radius 1 is 1.26 bits per heavy atom. The third kappa shape index (κ3) is 1.96. The molecule has 0 N–H and O–H groups in total. The molecule has 3 aromatic rings. The summed E-state index contributed by atoms with van der Waals surface area (Å²) in [5.41, 5.74) is 1.54. The highest BCUT2D eigenvalue weighted by molar-refractivity contribution is 7.17. The van der Waals surface area contributed by atoms with Crippen LogP contribution in [-0.2, 0) is 0 Å². The van der Waals surface area contributed by atoms with Gasteiger partial charge in [0.2, 0.25) is 0 Å². The maximum Gasteiger partial charge on any atom is 0.275 e. The lowest BCUT2D eigenvalue weighted by atomic mass is 10.2. The largest absolute Gasteiger partial charge is 0.275 e. The van der Waals surface area contributed by atoms with Crippen molar-refractivity contribution in [2.45, 2.75) is 19.9 Å². The van der Waals surface area contributed by atoms with Crippen molar-refractivity contribution < 1.29 is 0 Å². The molecule has 0 aliphatic heterocycles. The summed E-state index contributed by atoms with van der Waals surface area (Å²) >= 11 is 1.53. The summed E-state index contributed by atoms with van der Waals surface area (Å²) in [6, 6.07) is 7.59. The molecule has 0 aromatic carbocycles. The van der Waals surface area contributed by atoms with Gasteiger partial charge in [-0.25, -0.2) is 4.68 Å². The van der Waals surface area contributed by atoms with Crippen molar-refractivity contribution in [2.24, 2.45) is 0 Å². The summed E-state index contributed by atoms with van der Waals surface area (Å²) in [5, 5.41) is 7.13. The molecule has 3 heterocycles. The number of hydrogen-bond donors (Lipinski definition) is 0. The van der Waals surface area contributed by atoms with Crippen LogP contribution in [0.5, 0.6) is 0 Å². The molecule has 96 valence electrons. The number of aromatic nitrogens is 3. The molecule has 0 aliphatic carbocycles. The number of thiophene rings is 1. The fourth-order valence-electron chi connectivity index (χ4n) is 2.00. The van der Waals surface area contributed by atoms with Crippen LogP contribution in [0.15, 0.2) is 40.6 Å². The van der Waals surface area contributed by atoms with Gasteiger partial charge in [-0.1, -0.05) is 6.07 Å². The van der Waals surface area contributed by atoms with Gasteiger partial charge in [-0.05, 0) is 37.4 Å². The van der Waals surface area contributed by atoms with Gasteiger partial charge in [-0.2, -0.15) is 5.10 Å². The molecule has 0 amide bonds. The number of nitrogens with zero attached hydrogens (tertiary/aromatic N) is 3. The van der Waals surface area contributed by atoms with Crippen molar-refractivity contribution >= 4 is 21.4 Å². The van der Waals surface area contributed by atoms with E-state index >= 15 is 0 Å². The molecule has 3 rings (SSSR count). The lowest BCUT2D eigenvalue weighted by molar-refractivity contribution is 0.510. The molecule has 0 fully saturated rings. The summed E-state index contributed by atoms with van der Waals surface area (Å²) in [6.45, 7) is 3.91. The maximum absolute atomic E-state index is 12.3. The zero-order chi connectivity index (χ0) is 13.4. The van der Waals surface area contributed by atoms with Gasteiger partial charge in [0.25, 0.3) is 5.56 Å². The molecule has 0 spiro atoms. The van der Waals surface area contributed by atoms with Crippen molar-refractivity contribution in [1.29, 1.82) is 0 Å².